The molecule has 1 aromatic rings. The zero-order valence-corrected chi connectivity index (χ0v) is 18.3. The number of aliphatic imine (C=N–C) groups is 1. The first-order chi connectivity index (χ1) is 12.1. The van der Waals surface area contributed by atoms with Gasteiger partial charge in [0, 0.05) is 46.4 Å². The molecule has 1 unspecified atom stereocenters. The maximum absolute atomic E-state index is 12.0. The van der Waals surface area contributed by atoms with E-state index >= 15 is 0 Å². The fraction of sp³-hybridized carbons (Fsp3) is 0.579. The quantitative estimate of drug-likeness (QED) is 0.362. The van der Waals surface area contributed by atoms with E-state index in [0.717, 1.165) is 56.0 Å². The molecule has 1 saturated heterocycles. The molecule has 0 radical (unpaired) electrons. The number of hydrogen-bond donors (Lipinski definition) is 2. The predicted molar refractivity (Wildman–Crippen MR) is 117 cm³/mol. The van der Waals surface area contributed by atoms with E-state index < -0.39 is 0 Å². The van der Waals surface area contributed by atoms with Crippen LogP contribution in [-0.4, -0.2) is 63.7 Å². The SMILES string of the molecule is CN=C(NCCc1cccc(C(=O)N(C)C)c1)NCCC1CCCO1.I. The molecule has 1 heterocycles. The molecule has 0 saturated carbocycles. The summed E-state index contributed by atoms with van der Waals surface area (Å²) < 4.78 is 5.62. The summed E-state index contributed by atoms with van der Waals surface area (Å²) in [6, 6.07) is 7.78. The van der Waals surface area contributed by atoms with Gasteiger partial charge in [0.15, 0.2) is 5.96 Å². The lowest BCUT2D eigenvalue weighted by atomic mass is 10.1. The molecule has 1 atom stereocenters. The Hall–Kier alpha value is -1.35. The Morgan fingerprint density at radius 3 is 2.73 bits per heavy atom. The van der Waals surface area contributed by atoms with Crippen LogP contribution in [0.1, 0.15) is 35.2 Å². The van der Waals surface area contributed by atoms with E-state index in [1.807, 2.05) is 24.3 Å². The van der Waals surface area contributed by atoms with Gasteiger partial charge in [0.25, 0.3) is 5.91 Å². The molecule has 1 aliphatic rings. The lowest BCUT2D eigenvalue weighted by Gasteiger charge is -2.14. The van der Waals surface area contributed by atoms with Gasteiger partial charge in [-0.05, 0) is 43.4 Å². The summed E-state index contributed by atoms with van der Waals surface area (Å²) >= 11 is 0. The molecule has 0 spiro atoms. The molecule has 7 heteroatoms. The molecular formula is C19H31IN4O2. The van der Waals surface area contributed by atoms with Crippen LogP contribution in [0.3, 0.4) is 0 Å². The lowest BCUT2D eigenvalue weighted by molar-refractivity contribution is 0.0827. The Kier molecular flexibility index (Phi) is 10.6. The zero-order valence-electron chi connectivity index (χ0n) is 16.0. The number of guanidine groups is 1. The average molecular weight is 474 g/mol. The van der Waals surface area contributed by atoms with E-state index in [9.17, 15) is 4.79 Å². The van der Waals surface area contributed by atoms with Crippen molar-refractivity contribution in [1.82, 2.24) is 15.5 Å². The molecule has 2 rings (SSSR count). The number of carbonyl (C=O) groups excluding carboxylic acids is 1. The summed E-state index contributed by atoms with van der Waals surface area (Å²) in [5.41, 5.74) is 1.86. The largest absolute Gasteiger partial charge is 0.378 e. The van der Waals surface area contributed by atoms with Gasteiger partial charge in [0.2, 0.25) is 0 Å². The molecule has 146 valence electrons. The Morgan fingerprint density at radius 1 is 1.31 bits per heavy atom. The minimum atomic E-state index is 0. The van der Waals surface area contributed by atoms with E-state index in [4.69, 9.17) is 4.74 Å². The summed E-state index contributed by atoms with van der Waals surface area (Å²) in [5, 5.41) is 6.64. The van der Waals surface area contributed by atoms with Crippen LogP contribution in [-0.2, 0) is 11.2 Å². The van der Waals surface area contributed by atoms with E-state index in [2.05, 4.69) is 15.6 Å². The predicted octanol–water partition coefficient (Wildman–Crippen LogP) is 2.28. The van der Waals surface area contributed by atoms with Crippen molar-refractivity contribution in [1.29, 1.82) is 0 Å². The van der Waals surface area contributed by atoms with Crippen LogP contribution in [0.2, 0.25) is 0 Å². The van der Waals surface area contributed by atoms with Crippen molar-refractivity contribution in [3.63, 3.8) is 0 Å². The molecule has 0 bridgehead atoms. The maximum Gasteiger partial charge on any atom is 0.253 e. The van der Waals surface area contributed by atoms with Gasteiger partial charge in [0.05, 0.1) is 6.10 Å². The van der Waals surface area contributed by atoms with Crippen LogP contribution in [0.4, 0.5) is 0 Å². The molecule has 2 N–H and O–H groups in total. The fourth-order valence-corrected chi connectivity index (χ4v) is 2.89. The lowest BCUT2D eigenvalue weighted by Crippen LogP contribution is -2.39. The minimum absolute atomic E-state index is 0. The molecule has 1 aliphatic heterocycles. The molecular weight excluding hydrogens is 443 g/mol. The highest BCUT2D eigenvalue weighted by Crippen LogP contribution is 2.14. The smallest absolute Gasteiger partial charge is 0.253 e. The third kappa shape index (κ3) is 7.49. The summed E-state index contributed by atoms with van der Waals surface area (Å²) in [5.74, 6) is 0.833. The number of halogens is 1. The van der Waals surface area contributed by atoms with E-state index in [1.54, 1.807) is 26.0 Å². The van der Waals surface area contributed by atoms with Crippen molar-refractivity contribution in [2.24, 2.45) is 4.99 Å². The Bertz CT molecular complexity index is 587. The maximum atomic E-state index is 12.0. The summed E-state index contributed by atoms with van der Waals surface area (Å²) in [6.45, 7) is 2.52. The number of nitrogens with one attached hydrogen (secondary N) is 2. The van der Waals surface area contributed by atoms with Gasteiger partial charge in [-0.2, -0.15) is 0 Å². The van der Waals surface area contributed by atoms with Crippen LogP contribution >= 0.6 is 24.0 Å². The number of rotatable bonds is 7. The fourth-order valence-electron chi connectivity index (χ4n) is 2.89. The number of nitrogens with zero attached hydrogens (tertiary/aromatic N) is 2. The standard InChI is InChI=1S/C19H30N4O2.HI/c1-20-19(22-12-10-17-8-5-13-25-17)21-11-9-15-6-4-7-16(14-15)18(24)23(2)3;/h4,6-7,14,17H,5,8-13H2,1-3H3,(H2,20,21,22);1H. The van der Waals surface area contributed by atoms with Crippen molar-refractivity contribution in [3.8, 4) is 0 Å². The van der Waals surface area contributed by atoms with E-state index in [1.165, 1.54) is 6.42 Å². The van der Waals surface area contributed by atoms with Crippen molar-refractivity contribution >= 4 is 35.8 Å². The van der Waals surface area contributed by atoms with E-state index in [-0.39, 0.29) is 29.9 Å². The Balaban J connectivity index is 0.00000338. The normalized spacial score (nSPS) is 16.7. The van der Waals surface area contributed by atoms with Crippen LogP contribution < -0.4 is 10.6 Å². The van der Waals surface area contributed by atoms with Gasteiger partial charge in [-0.3, -0.25) is 9.79 Å². The average Bonchev–Trinajstić information content (AvgIpc) is 3.13. The molecule has 1 aromatic carbocycles. The second kappa shape index (κ2) is 12.1. The van der Waals surface area contributed by atoms with Crippen molar-refractivity contribution in [2.75, 3.05) is 40.8 Å². The molecule has 0 aromatic heterocycles. The first-order valence-electron chi connectivity index (χ1n) is 8.97. The number of ether oxygens (including phenoxy) is 1. The van der Waals surface area contributed by atoms with Gasteiger partial charge in [0.1, 0.15) is 0 Å². The molecule has 26 heavy (non-hydrogen) atoms. The topological polar surface area (TPSA) is 66.0 Å². The van der Waals surface area contributed by atoms with Crippen LogP contribution in [0.5, 0.6) is 0 Å². The second-order valence-corrected chi connectivity index (χ2v) is 6.50. The second-order valence-electron chi connectivity index (χ2n) is 6.50. The third-order valence-corrected chi connectivity index (χ3v) is 4.29. The molecule has 6 nitrogen and oxygen atoms in total. The first-order valence-corrected chi connectivity index (χ1v) is 8.97. The van der Waals surface area contributed by atoms with Crippen molar-refractivity contribution in [3.05, 3.63) is 35.4 Å². The van der Waals surface area contributed by atoms with Crippen molar-refractivity contribution < 1.29 is 9.53 Å². The summed E-state index contributed by atoms with van der Waals surface area (Å²) in [6.07, 6.45) is 4.57. The zero-order chi connectivity index (χ0) is 18.1. The van der Waals surface area contributed by atoms with Crippen molar-refractivity contribution in [2.45, 2.75) is 31.8 Å². The van der Waals surface area contributed by atoms with Gasteiger partial charge in [-0.1, -0.05) is 12.1 Å². The van der Waals surface area contributed by atoms with Gasteiger partial charge >= 0.3 is 0 Å². The molecule has 1 amide bonds. The van der Waals surface area contributed by atoms with Crippen LogP contribution in [0.15, 0.2) is 29.3 Å². The molecule has 0 aliphatic carbocycles. The highest BCUT2D eigenvalue weighted by molar-refractivity contribution is 14.0. The van der Waals surface area contributed by atoms with Gasteiger partial charge in [-0.25, -0.2) is 0 Å². The first kappa shape index (κ1) is 22.7. The van der Waals surface area contributed by atoms with E-state index in [0.29, 0.717) is 6.10 Å². The van der Waals surface area contributed by atoms with Crippen LogP contribution in [0.25, 0.3) is 0 Å². The Labute approximate surface area is 173 Å². The number of amides is 1. The monoisotopic (exact) mass is 474 g/mol. The number of carbonyl (C=O) groups is 1. The highest BCUT2D eigenvalue weighted by Gasteiger charge is 2.14. The minimum Gasteiger partial charge on any atom is -0.378 e. The summed E-state index contributed by atoms with van der Waals surface area (Å²) in [4.78, 5) is 17.9. The number of benzene rings is 1. The highest BCUT2D eigenvalue weighted by atomic mass is 127. The summed E-state index contributed by atoms with van der Waals surface area (Å²) in [7, 11) is 5.31. The van der Waals surface area contributed by atoms with Crippen LogP contribution in [0, 0.1) is 0 Å². The van der Waals surface area contributed by atoms with Gasteiger partial charge in [-0.15, -0.1) is 24.0 Å². The molecule has 1 fully saturated rings. The third-order valence-electron chi connectivity index (χ3n) is 4.29. The number of hydrogen-bond acceptors (Lipinski definition) is 3. The van der Waals surface area contributed by atoms with Gasteiger partial charge < -0.3 is 20.3 Å². The Morgan fingerprint density at radius 2 is 2.08 bits per heavy atom.